The molecule has 2 N–H and O–H groups in total. The average Bonchev–Trinajstić information content (AvgIpc) is 2.45. The second-order valence-corrected chi connectivity index (χ2v) is 2.84. The van der Waals surface area contributed by atoms with Crippen molar-refractivity contribution >= 4 is 27.4 Å². The summed E-state index contributed by atoms with van der Waals surface area (Å²) < 4.78 is 17.0. The maximum atomic E-state index is 12.8. The third-order valence-corrected chi connectivity index (χ3v) is 2.18. The molecule has 0 fully saturated rings. The fourth-order valence-electron chi connectivity index (χ4n) is 0.844. The molecule has 11 heavy (non-hydrogen) atoms. The summed E-state index contributed by atoms with van der Waals surface area (Å²) in [7, 11) is 0. The Labute approximate surface area is 65.8 Å². The molecule has 3 nitrogen and oxygen atoms in total. The molecule has 0 atom stereocenters. The molecule has 1 heterocycles. The van der Waals surface area contributed by atoms with Gasteiger partial charge in [0.15, 0.2) is 0 Å². The molecule has 0 aliphatic carbocycles. The van der Waals surface area contributed by atoms with Crippen LogP contribution in [0.2, 0.25) is 0 Å². The fraction of sp³-hybridized carbons (Fsp3) is 0. The van der Waals surface area contributed by atoms with Crippen LogP contribution in [0.5, 0.6) is 0 Å². The first-order chi connectivity index (χ1) is 5.29. The number of nitrogens with two attached hydrogens (primary N) is 1. The number of benzene rings is 1. The van der Waals surface area contributed by atoms with Crippen molar-refractivity contribution in [1.82, 2.24) is 9.59 Å². The van der Waals surface area contributed by atoms with Crippen LogP contribution < -0.4 is 5.73 Å². The summed E-state index contributed by atoms with van der Waals surface area (Å²) >= 11 is 1.10. The number of hydrogen-bond acceptors (Lipinski definition) is 4. The van der Waals surface area contributed by atoms with E-state index in [-0.39, 0.29) is 5.69 Å². The van der Waals surface area contributed by atoms with E-state index >= 15 is 0 Å². The van der Waals surface area contributed by atoms with Crippen molar-refractivity contribution in [3.63, 3.8) is 0 Å². The van der Waals surface area contributed by atoms with Crippen LogP contribution in [0, 0.1) is 5.82 Å². The van der Waals surface area contributed by atoms with Gasteiger partial charge in [0.1, 0.15) is 16.0 Å². The fourth-order valence-corrected chi connectivity index (χ4v) is 1.45. The number of aromatic nitrogens is 2. The lowest BCUT2D eigenvalue weighted by molar-refractivity contribution is 0.634. The Morgan fingerprint density at radius 2 is 2.27 bits per heavy atom. The zero-order chi connectivity index (χ0) is 7.84. The lowest BCUT2D eigenvalue weighted by atomic mass is 10.3. The molecule has 5 heteroatoms. The summed E-state index contributed by atoms with van der Waals surface area (Å²) in [5, 5.41) is 3.74. The number of nitrogen functional groups attached to an aromatic ring is 1. The first-order valence-corrected chi connectivity index (χ1v) is 3.72. The van der Waals surface area contributed by atoms with Crippen LogP contribution in [0.25, 0.3) is 10.2 Å². The van der Waals surface area contributed by atoms with Crippen molar-refractivity contribution in [1.29, 1.82) is 0 Å². The van der Waals surface area contributed by atoms with E-state index in [1.54, 1.807) is 6.07 Å². The van der Waals surface area contributed by atoms with E-state index in [0.717, 1.165) is 11.5 Å². The molecule has 0 saturated heterocycles. The molecule has 0 amide bonds. The largest absolute Gasteiger partial charge is 0.395 e. The molecule has 1 aromatic carbocycles. The Balaban J connectivity index is 2.93. The first-order valence-electron chi connectivity index (χ1n) is 2.95. The van der Waals surface area contributed by atoms with Crippen LogP contribution in [0.4, 0.5) is 10.1 Å². The monoisotopic (exact) mass is 169 g/mol. The molecule has 2 aromatic rings. The van der Waals surface area contributed by atoms with Crippen LogP contribution >= 0.6 is 11.5 Å². The number of halogens is 1. The molecule has 0 spiro atoms. The van der Waals surface area contributed by atoms with Crippen LogP contribution in [-0.4, -0.2) is 9.59 Å². The van der Waals surface area contributed by atoms with Gasteiger partial charge in [0.2, 0.25) is 0 Å². The molecule has 1 aromatic heterocycles. The summed E-state index contributed by atoms with van der Waals surface area (Å²) in [6.45, 7) is 0. The predicted molar refractivity (Wildman–Crippen MR) is 41.8 cm³/mol. The third kappa shape index (κ3) is 0.848. The van der Waals surface area contributed by atoms with E-state index in [4.69, 9.17) is 5.73 Å². The quantitative estimate of drug-likeness (QED) is 0.606. The zero-order valence-corrected chi connectivity index (χ0v) is 6.23. The minimum atomic E-state index is -0.413. The number of rotatable bonds is 0. The van der Waals surface area contributed by atoms with Gasteiger partial charge in [0, 0.05) is 0 Å². The van der Waals surface area contributed by atoms with E-state index < -0.39 is 5.82 Å². The van der Waals surface area contributed by atoms with Gasteiger partial charge in [-0.15, -0.1) is 5.10 Å². The Bertz CT molecular complexity index is 398. The molecule has 0 radical (unpaired) electrons. The average molecular weight is 169 g/mol. The highest BCUT2D eigenvalue weighted by atomic mass is 32.1. The Hall–Kier alpha value is -1.23. The topological polar surface area (TPSA) is 51.8 Å². The van der Waals surface area contributed by atoms with Crippen LogP contribution in [-0.2, 0) is 0 Å². The second-order valence-electron chi connectivity index (χ2n) is 2.08. The van der Waals surface area contributed by atoms with E-state index in [0.29, 0.717) is 10.2 Å². The van der Waals surface area contributed by atoms with Crippen molar-refractivity contribution < 1.29 is 4.39 Å². The summed E-state index contributed by atoms with van der Waals surface area (Å²) in [6.07, 6.45) is 0. The van der Waals surface area contributed by atoms with Crippen molar-refractivity contribution in [2.75, 3.05) is 5.73 Å². The van der Waals surface area contributed by atoms with Gasteiger partial charge in [0.25, 0.3) is 0 Å². The summed E-state index contributed by atoms with van der Waals surface area (Å²) in [6, 6.07) is 2.85. The Kier molecular flexibility index (Phi) is 1.25. The normalized spacial score (nSPS) is 10.6. The number of hydrogen-bond donors (Lipinski definition) is 1. The minimum absolute atomic E-state index is 0.137. The molecule has 56 valence electrons. The summed E-state index contributed by atoms with van der Waals surface area (Å²) in [4.78, 5) is 0. The molecule has 0 bridgehead atoms. The van der Waals surface area contributed by atoms with Gasteiger partial charge in [-0.1, -0.05) is 4.49 Å². The summed E-state index contributed by atoms with van der Waals surface area (Å²) in [5.41, 5.74) is 6.20. The lowest BCUT2D eigenvalue weighted by Gasteiger charge is -1.93. The number of nitrogens with zero attached hydrogens (tertiary/aromatic N) is 2. The Morgan fingerprint density at radius 3 is 3.09 bits per heavy atom. The van der Waals surface area contributed by atoms with Gasteiger partial charge < -0.3 is 5.73 Å². The lowest BCUT2D eigenvalue weighted by Crippen LogP contribution is -1.89. The van der Waals surface area contributed by atoms with Gasteiger partial charge in [-0.2, -0.15) is 0 Å². The van der Waals surface area contributed by atoms with Gasteiger partial charge in [-0.25, -0.2) is 4.39 Å². The highest BCUT2D eigenvalue weighted by Crippen LogP contribution is 2.24. The molecule has 0 aliphatic rings. The highest BCUT2D eigenvalue weighted by Gasteiger charge is 2.05. The van der Waals surface area contributed by atoms with E-state index in [9.17, 15) is 4.39 Å². The van der Waals surface area contributed by atoms with E-state index in [2.05, 4.69) is 9.59 Å². The first kappa shape index (κ1) is 6.48. The predicted octanol–water partition coefficient (Wildman–Crippen LogP) is 1.41. The molecular formula is C6H4FN3S. The molecule has 2 rings (SSSR count). The van der Waals surface area contributed by atoms with Gasteiger partial charge in [-0.05, 0) is 23.7 Å². The minimum Gasteiger partial charge on any atom is -0.395 e. The van der Waals surface area contributed by atoms with Gasteiger partial charge in [-0.3, -0.25) is 0 Å². The van der Waals surface area contributed by atoms with Crippen molar-refractivity contribution in [3.05, 3.63) is 17.9 Å². The molecule has 0 saturated carbocycles. The number of fused-ring (bicyclic) bond motifs is 1. The second kappa shape index (κ2) is 2.13. The van der Waals surface area contributed by atoms with E-state index in [1.165, 1.54) is 6.07 Å². The highest BCUT2D eigenvalue weighted by molar-refractivity contribution is 7.13. The molecule has 0 aliphatic heterocycles. The number of anilines is 1. The molecule has 0 unspecified atom stereocenters. The SMILES string of the molecule is Nc1c(F)ccc2nnsc12. The van der Waals surface area contributed by atoms with E-state index in [1.807, 2.05) is 0 Å². The molecular weight excluding hydrogens is 165 g/mol. The smallest absolute Gasteiger partial charge is 0.147 e. The standard InChI is InChI=1S/C6H4FN3S/c7-3-1-2-4-6(5(3)8)11-10-9-4/h1-2H,8H2. The Morgan fingerprint density at radius 1 is 1.45 bits per heavy atom. The third-order valence-electron chi connectivity index (χ3n) is 1.40. The van der Waals surface area contributed by atoms with Crippen molar-refractivity contribution in [2.24, 2.45) is 0 Å². The van der Waals surface area contributed by atoms with Gasteiger partial charge in [0.05, 0.1) is 5.69 Å². The maximum Gasteiger partial charge on any atom is 0.147 e. The zero-order valence-electron chi connectivity index (χ0n) is 5.41. The van der Waals surface area contributed by atoms with Crippen molar-refractivity contribution in [2.45, 2.75) is 0 Å². The maximum absolute atomic E-state index is 12.8. The van der Waals surface area contributed by atoms with Gasteiger partial charge >= 0.3 is 0 Å². The van der Waals surface area contributed by atoms with Crippen LogP contribution in [0.3, 0.4) is 0 Å². The van der Waals surface area contributed by atoms with Crippen molar-refractivity contribution in [3.8, 4) is 0 Å². The van der Waals surface area contributed by atoms with Crippen LogP contribution in [0.15, 0.2) is 12.1 Å². The van der Waals surface area contributed by atoms with Crippen LogP contribution in [0.1, 0.15) is 0 Å². The summed E-state index contributed by atoms with van der Waals surface area (Å²) in [5.74, 6) is -0.413.